The van der Waals surface area contributed by atoms with Gasteiger partial charge in [-0.25, -0.2) is 4.98 Å². The van der Waals surface area contributed by atoms with Gasteiger partial charge in [0.1, 0.15) is 5.75 Å². The van der Waals surface area contributed by atoms with E-state index in [1.54, 1.807) is 30.5 Å². The summed E-state index contributed by atoms with van der Waals surface area (Å²) in [6.07, 6.45) is 1.55. The summed E-state index contributed by atoms with van der Waals surface area (Å²) >= 11 is 17.8. The lowest BCUT2D eigenvalue weighted by Crippen LogP contribution is -2.06. The van der Waals surface area contributed by atoms with Crippen molar-refractivity contribution in [1.29, 1.82) is 0 Å². The van der Waals surface area contributed by atoms with Crippen LogP contribution in [0.2, 0.25) is 15.1 Å². The number of nitrogens with one attached hydrogen (secondary N) is 1. The summed E-state index contributed by atoms with van der Waals surface area (Å²) in [6, 6.07) is 6.74. The van der Waals surface area contributed by atoms with Crippen LogP contribution >= 0.6 is 34.8 Å². The Hall–Kier alpha value is -1.00. The molecule has 0 spiro atoms. The first-order chi connectivity index (χ1) is 9.08. The van der Waals surface area contributed by atoms with E-state index in [4.69, 9.17) is 39.5 Å². The van der Waals surface area contributed by atoms with Crippen LogP contribution in [0, 0.1) is 0 Å². The van der Waals surface area contributed by atoms with Gasteiger partial charge >= 0.3 is 0 Å². The second-order valence-electron chi connectivity index (χ2n) is 3.85. The van der Waals surface area contributed by atoms with Gasteiger partial charge in [-0.2, -0.15) is 0 Å². The molecule has 0 bridgehead atoms. The first-order valence-electron chi connectivity index (χ1n) is 5.51. The molecule has 1 aromatic heterocycles. The Kier molecular flexibility index (Phi) is 4.88. The molecule has 0 radical (unpaired) electrons. The Balaban J connectivity index is 2.25. The van der Waals surface area contributed by atoms with Crippen LogP contribution in [0.3, 0.4) is 0 Å². The quantitative estimate of drug-likeness (QED) is 0.898. The molecule has 2 aromatic rings. The van der Waals surface area contributed by atoms with Crippen molar-refractivity contribution >= 4 is 34.8 Å². The second-order valence-corrected chi connectivity index (χ2v) is 5.13. The molecule has 2 rings (SSSR count). The van der Waals surface area contributed by atoms with E-state index in [-0.39, 0.29) is 0 Å². The molecule has 0 fully saturated rings. The molecular weight excluding hydrogens is 307 g/mol. The molecule has 0 amide bonds. The summed E-state index contributed by atoms with van der Waals surface area (Å²) in [5, 5.41) is 4.63. The number of hydrogen-bond donors (Lipinski definition) is 1. The van der Waals surface area contributed by atoms with Crippen molar-refractivity contribution in [1.82, 2.24) is 10.3 Å². The predicted molar refractivity (Wildman–Crippen MR) is 78.5 cm³/mol. The summed E-state index contributed by atoms with van der Waals surface area (Å²) in [5.41, 5.74) is 0.905. The maximum absolute atomic E-state index is 6.03. The van der Waals surface area contributed by atoms with Crippen molar-refractivity contribution in [2.75, 3.05) is 7.05 Å². The van der Waals surface area contributed by atoms with Gasteiger partial charge < -0.3 is 10.1 Å². The zero-order chi connectivity index (χ0) is 13.8. The molecular formula is C13H11Cl3N2O. The fourth-order valence-electron chi connectivity index (χ4n) is 1.55. The second kappa shape index (κ2) is 6.44. The average Bonchev–Trinajstić information content (AvgIpc) is 2.32. The molecule has 6 heteroatoms. The molecule has 0 aliphatic rings. The summed E-state index contributed by atoms with van der Waals surface area (Å²) in [4.78, 5) is 4.11. The molecule has 19 heavy (non-hydrogen) atoms. The van der Waals surface area contributed by atoms with E-state index < -0.39 is 0 Å². The van der Waals surface area contributed by atoms with Gasteiger partial charge in [0.25, 0.3) is 0 Å². The highest BCUT2D eigenvalue weighted by atomic mass is 35.5. The molecule has 0 unspecified atom stereocenters. The summed E-state index contributed by atoms with van der Waals surface area (Å²) < 4.78 is 5.62. The molecule has 1 N–H and O–H groups in total. The van der Waals surface area contributed by atoms with Gasteiger partial charge in [-0.15, -0.1) is 0 Å². The first-order valence-corrected chi connectivity index (χ1v) is 6.65. The lowest BCUT2D eigenvalue weighted by molar-refractivity contribution is 0.462. The third kappa shape index (κ3) is 3.98. The van der Waals surface area contributed by atoms with E-state index >= 15 is 0 Å². The standard InChI is InChI=1S/C13H11Cl3N2O/c1-17-6-8-2-13(18-7-12(8)16)19-11-4-9(14)3-10(15)5-11/h2-5,7,17H,6H2,1H3. The Bertz CT molecular complexity index is 570. The zero-order valence-electron chi connectivity index (χ0n) is 10.1. The highest BCUT2D eigenvalue weighted by molar-refractivity contribution is 6.34. The summed E-state index contributed by atoms with van der Waals surface area (Å²) in [6.45, 7) is 0.633. The van der Waals surface area contributed by atoms with Gasteiger partial charge in [0.2, 0.25) is 5.88 Å². The number of ether oxygens (including phenoxy) is 1. The minimum absolute atomic E-state index is 0.438. The van der Waals surface area contributed by atoms with Crippen molar-refractivity contribution in [3.63, 3.8) is 0 Å². The number of aromatic nitrogens is 1. The van der Waals surface area contributed by atoms with E-state index in [1.807, 2.05) is 7.05 Å². The number of rotatable bonds is 4. The maximum Gasteiger partial charge on any atom is 0.219 e. The van der Waals surface area contributed by atoms with Crippen LogP contribution in [0.5, 0.6) is 11.6 Å². The van der Waals surface area contributed by atoms with Crippen LogP contribution in [0.25, 0.3) is 0 Å². The lowest BCUT2D eigenvalue weighted by atomic mass is 10.2. The van der Waals surface area contributed by atoms with Crippen molar-refractivity contribution in [2.45, 2.75) is 6.54 Å². The van der Waals surface area contributed by atoms with Crippen molar-refractivity contribution < 1.29 is 4.74 Å². The first kappa shape index (κ1) is 14.4. The van der Waals surface area contributed by atoms with Gasteiger partial charge in [0, 0.05) is 28.9 Å². The highest BCUT2D eigenvalue weighted by Crippen LogP contribution is 2.28. The molecule has 0 aliphatic carbocycles. The number of benzene rings is 1. The maximum atomic E-state index is 6.03. The Labute approximate surface area is 126 Å². The van der Waals surface area contributed by atoms with Crippen LogP contribution < -0.4 is 10.1 Å². The summed E-state index contributed by atoms with van der Waals surface area (Å²) in [7, 11) is 1.84. The van der Waals surface area contributed by atoms with Crippen LogP contribution in [-0.2, 0) is 6.54 Å². The fraction of sp³-hybridized carbons (Fsp3) is 0.154. The Morgan fingerprint density at radius 3 is 2.42 bits per heavy atom. The number of pyridine rings is 1. The fourth-order valence-corrected chi connectivity index (χ4v) is 2.22. The van der Waals surface area contributed by atoms with E-state index in [1.165, 1.54) is 0 Å². The average molecular weight is 318 g/mol. The van der Waals surface area contributed by atoms with Crippen LogP contribution in [0.15, 0.2) is 30.5 Å². The SMILES string of the molecule is CNCc1cc(Oc2cc(Cl)cc(Cl)c2)ncc1Cl. The molecule has 1 aromatic carbocycles. The van der Waals surface area contributed by atoms with Gasteiger partial charge in [-0.1, -0.05) is 34.8 Å². The number of hydrogen-bond acceptors (Lipinski definition) is 3. The zero-order valence-corrected chi connectivity index (χ0v) is 12.4. The monoisotopic (exact) mass is 316 g/mol. The molecule has 0 aliphatic heterocycles. The van der Waals surface area contributed by atoms with Crippen LogP contribution in [0.4, 0.5) is 0 Å². The highest BCUT2D eigenvalue weighted by Gasteiger charge is 2.06. The van der Waals surface area contributed by atoms with Crippen molar-refractivity contribution in [3.05, 3.63) is 51.1 Å². The van der Waals surface area contributed by atoms with E-state index in [0.717, 1.165) is 5.56 Å². The smallest absolute Gasteiger partial charge is 0.219 e. The molecule has 0 saturated carbocycles. The predicted octanol–water partition coefficient (Wildman–Crippen LogP) is 4.55. The van der Waals surface area contributed by atoms with Crippen LogP contribution in [0.1, 0.15) is 5.56 Å². The largest absolute Gasteiger partial charge is 0.439 e. The van der Waals surface area contributed by atoms with Crippen LogP contribution in [-0.4, -0.2) is 12.0 Å². The van der Waals surface area contributed by atoms with Gasteiger partial charge in [-0.05, 0) is 30.8 Å². The Morgan fingerprint density at radius 1 is 1.11 bits per heavy atom. The number of halogens is 3. The van der Waals surface area contributed by atoms with Crippen molar-refractivity contribution in [3.8, 4) is 11.6 Å². The molecule has 3 nitrogen and oxygen atoms in total. The van der Waals surface area contributed by atoms with Gasteiger partial charge in [0.05, 0.1) is 5.02 Å². The topological polar surface area (TPSA) is 34.1 Å². The molecule has 100 valence electrons. The third-order valence-corrected chi connectivity index (χ3v) is 3.11. The third-order valence-electron chi connectivity index (χ3n) is 2.34. The minimum Gasteiger partial charge on any atom is -0.439 e. The van der Waals surface area contributed by atoms with Crippen molar-refractivity contribution in [2.24, 2.45) is 0 Å². The molecule has 0 saturated heterocycles. The molecule has 0 atom stereocenters. The van der Waals surface area contributed by atoms with E-state index in [0.29, 0.717) is 33.2 Å². The minimum atomic E-state index is 0.438. The van der Waals surface area contributed by atoms with E-state index in [2.05, 4.69) is 10.3 Å². The number of nitrogens with zero attached hydrogens (tertiary/aromatic N) is 1. The molecule has 1 heterocycles. The van der Waals surface area contributed by atoms with Gasteiger partial charge in [0.15, 0.2) is 0 Å². The summed E-state index contributed by atoms with van der Waals surface area (Å²) in [5.74, 6) is 0.968. The lowest BCUT2D eigenvalue weighted by Gasteiger charge is -2.08. The normalized spacial score (nSPS) is 10.5. The van der Waals surface area contributed by atoms with E-state index in [9.17, 15) is 0 Å². The van der Waals surface area contributed by atoms with Gasteiger partial charge in [-0.3, -0.25) is 0 Å². The Morgan fingerprint density at radius 2 is 1.79 bits per heavy atom.